The largest absolute Gasteiger partial charge is 0.465 e. The lowest BCUT2D eigenvalue weighted by Gasteiger charge is -2.31. The molecule has 0 aromatic rings. The van der Waals surface area contributed by atoms with E-state index >= 15 is 0 Å². The predicted octanol–water partition coefficient (Wildman–Crippen LogP) is 2.14. The van der Waals surface area contributed by atoms with Crippen molar-refractivity contribution < 1.29 is 19.0 Å². The van der Waals surface area contributed by atoms with Crippen LogP contribution in [0.4, 0.5) is 0 Å². The van der Waals surface area contributed by atoms with Gasteiger partial charge in [0.15, 0.2) is 0 Å². The second kappa shape index (κ2) is 11.1. The van der Waals surface area contributed by atoms with Crippen molar-refractivity contribution in [3.8, 4) is 0 Å². The molecule has 0 amide bonds. The zero-order chi connectivity index (χ0) is 15.4. The maximum absolute atomic E-state index is 12.1. The summed E-state index contributed by atoms with van der Waals surface area (Å²) in [6.07, 6.45) is 1.52. The SMILES string of the molecule is CCCNC(C)(CC(C)OCCOCC)C(=O)OCC. The van der Waals surface area contributed by atoms with Crippen molar-refractivity contribution in [1.29, 1.82) is 0 Å². The molecule has 0 rings (SSSR count). The normalized spacial score (nSPS) is 15.7. The number of nitrogens with one attached hydrogen (secondary N) is 1. The van der Waals surface area contributed by atoms with Gasteiger partial charge in [0, 0.05) is 13.0 Å². The van der Waals surface area contributed by atoms with Crippen molar-refractivity contribution in [2.45, 2.75) is 59.1 Å². The van der Waals surface area contributed by atoms with E-state index in [-0.39, 0.29) is 12.1 Å². The molecular formula is C15H31NO4. The van der Waals surface area contributed by atoms with E-state index in [0.717, 1.165) is 13.0 Å². The van der Waals surface area contributed by atoms with Crippen LogP contribution in [-0.4, -0.2) is 50.6 Å². The van der Waals surface area contributed by atoms with Gasteiger partial charge in [0.2, 0.25) is 0 Å². The molecule has 1 N–H and O–H groups in total. The molecule has 2 unspecified atom stereocenters. The van der Waals surface area contributed by atoms with Crippen LogP contribution in [0.3, 0.4) is 0 Å². The van der Waals surface area contributed by atoms with Gasteiger partial charge >= 0.3 is 5.97 Å². The average molecular weight is 289 g/mol. The summed E-state index contributed by atoms with van der Waals surface area (Å²) >= 11 is 0. The summed E-state index contributed by atoms with van der Waals surface area (Å²) in [5, 5.41) is 3.28. The Morgan fingerprint density at radius 2 is 1.90 bits per heavy atom. The average Bonchev–Trinajstić information content (AvgIpc) is 2.41. The Hall–Kier alpha value is -0.650. The summed E-state index contributed by atoms with van der Waals surface area (Å²) in [5.41, 5.74) is -0.697. The van der Waals surface area contributed by atoms with Gasteiger partial charge in [-0.25, -0.2) is 0 Å². The fourth-order valence-electron chi connectivity index (χ4n) is 2.01. The number of ether oxygens (including phenoxy) is 3. The highest BCUT2D eigenvalue weighted by molar-refractivity contribution is 5.80. The third kappa shape index (κ3) is 7.82. The Morgan fingerprint density at radius 3 is 2.45 bits per heavy atom. The molecular weight excluding hydrogens is 258 g/mol. The molecule has 0 saturated carbocycles. The van der Waals surface area contributed by atoms with Gasteiger partial charge in [-0.3, -0.25) is 4.79 Å². The molecule has 120 valence electrons. The Morgan fingerprint density at radius 1 is 1.20 bits per heavy atom. The molecule has 2 atom stereocenters. The van der Waals surface area contributed by atoms with Gasteiger partial charge < -0.3 is 19.5 Å². The van der Waals surface area contributed by atoms with Gasteiger partial charge in [-0.15, -0.1) is 0 Å². The van der Waals surface area contributed by atoms with Crippen molar-refractivity contribution in [1.82, 2.24) is 5.32 Å². The quantitative estimate of drug-likeness (QED) is 0.440. The minimum Gasteiger partial charge on any atom is -0.465 e. The molecule has 0 heterocycles. The highest BCUT2D eigenvalue weighted by atomic mass is 16.5. The lowest BCUT2D eigenvalue weighted by Crippen LogP contribution is -2.52. The van der Waals surface area contributed by atoms with E-state index < -0.39 is 5.54 Å². The first kappa shape index (κ1) is 19.4. The van der Waals surface area contributed by atoms with Crippen molar-refractivity contribution in [3.63, 3.8) is 0 Å². The molecule has 0 aromatic carbocycles. The molecule has 0 radical (unpaired) electrons. The van der Waals surface area contributed by atoms with Crippen molar-refractivity contribution in [2.24, 2.45) is 0 Å². The Balaban J connectivity index is 4.35. The van der Waals surface area contributed by atoms with Gasteiger partial charge in [-0.2, -0.15) is 0 Å². The van der Waals surface area contributed by atoms with E-state index in [1.807, 2.05) is 27.7 Å². The molecule has 0 aliphatic carbocycles. The second-order valence-electron chi connectivity index (χ2n) is 5.06. The predicted molar refractivity (Wildman–Crippen MR) is 79.9 cm³/mol. The lowest BCUT2D eigenvalue weighted by molar-refractivity contribution is -0.152. The highest BCUT2D eigenvalue weighted by Gasteiger charge is 2.35. The van der Waals surface area contributed by atoms with Gasteiger partial charge in [-0.05, 0) is 40.7 Å². The fourth-order valence-corrected chi connectivity index (χ4v) is 2.01. The molecule has 0 aliphatic heterocycles. The van der Waals surface area contributed by atoms with Gasteiger partial charge in [0.25, 0.3) is 0 Å². The minimum absolute atomic E-state index is 0.0331. The summed E-state index contributed by atoms with van der Waals surface area (Å²) in [7, 11) is 0. The molecule has 5 nitrogen and oxygen atoms in total. The van der Waals surface area contributed by atoms with Crippen LogP contribution >= 0.6 is 0 Å². The van der Waals surface area contributed by atoms with Crippen molar-refractivity contribution in [3.05, 3.63) is 0 Å². The van der Waals surface area contributed by atoms with Crippen LogP contribution < -0.4 is 5.32 Å². The minimum atomic E-state index is -0.697. The molecule has 0 bridgehead atoms. The molecule has 5 heteroatoms. The van der Waals surface area contributed by atoms with E-state index in [1.165, 1.54) is 0 Å². The molecule has 0 fully saturated rings. The molecule has 0 aromatic heterocycles. The fraction of sp³-hybridized carbons (Fsp3) is 0.933. The third-order valence-corrected chi connectivity index (χ3v) is 3.02. The first-order valence-corrected chi connectivity index (χ1v) is 7.61. The molecule has 0 saturated heterocycles. The van der Waals surface area contributed by atoms with Crippen LogP contribution in [0.15, 0.2) is 0 Å². The standard InChI is InChI=1S/C15H31NO4/c1-6-9-16-15(5,14(17)19-8-3)12-13(4)20-11-10-18-7-2/h13,16H,6-12H2,1-5H3. The van der Waals surface area contributed by atoms with Crippen molar-refractivity contribution >= 4 is 5.97 Å². The van der Waals surface area contributed by atoms with Crippen LogP contribution in [0.5, 0.6) is 0 Å². The number of carbonyl (C=O) groups excluding carboxylic acids is 1. The van der Waals surface area contributed by atoms with E-state index in [1.54, 1.807) is 0 Å². The number of hydrogen-bond donors (Lipinski definition) is 1. The van der Waals surface area contributed by atoms with Crippen LogP contribution in [0.25, 0.3) is 0 Å². The summed E-state index contributed by atoms with van der Waals surface area (Å²) in [5.74, 6) is -0.214. The topological polar surface area (TPSA) is 56.8 Å². The van der Waals surface area contributed by atoms with E-state index in [0.29, 0.717) is 32.8 Å². The second-order valence-corrected chi connectivity index (χ2v) is 5.06. The summed E-state index contributed by atoms with van der Waals surface area (Å²) in [4.78, 5) is 12.1. The van der Waals surface area contributed by atoms with Crippen LogP contribution in [0.2, 0.25) is 0 Å². The number of rotatable bonds is 12. The van der Waals surface area contributed by atoms with Crippen LogP contribution in [0, 0.1) is 0 Å². The Labute approximate surface area is 123 Å². The van der Waals surface area contributed by atoms with Crippen LogP contribution in [-0.2, 0) is 19.0 Å². The summed E-state index contributed by atoms with van der Waals surface area (Å²) in [6.45, 7) is 12.7. The number of esters is 1. The first-order chi connectivity index (χ1) is 9.50. The Kier molecular flexibility index (Phi) is 10.7. The van der Waals surface area contributed by atoms with E-state index in [9.17, 15) is 4.79 Å². The number of hydrogen-bond acceptors (Lipinski definition) is 5. The van der Waals surface area contributed by atoms with E-state index in [4.69, 9.17) is 14.2 Å². The first-order valence-electron chi connectivity index (χ1n) is 7.61. The van der Waals surface area contributed by atoms with Crippen LogP contribution in [0.1, 0.15) is 47.5 Å². The third-order valence-electron chi connectivity index (χ3n) is 3.02. The maximum Gasteiger partial charge on any atom is 0.326 e. The van der Waals surface area contributed by atoms with E-state index in [2.05, 4.69) is 12.2 Å². The smallest absolute Gasteiger partial charge is 0.326 e. The molecule has 0 aliphatic rings. The zero-order valence-corrected chi connectivity index (χ0v) is 13.7. The molecule has 20 heavy (non-hydrogen) atoms. The van der Waals surface area contributed by atoms with Crippen molar-refractivity contribution in [2.75, 3.05) is 33.0 Å². The Bertz CT molecular complexity index is 260. The van der Waals surface area contributed by atoms with Gasteiger partial charge in [0.05, 0.1) is 25.9 Å². The van der Waals surface area contributed by atoms with Gasteiger partial charge in [0.1, 0.15) is 5.54 Å². The maximum atomic E-state index is 12.1. The number of carbonyl (C=O) groups is 1. The highest BCUT2D eigenvalue weighted by Crippen LogP contribution is 2.17. The monoisotopic (exact) mass is 289 g/mol. The van der Waals surface area contributed by atoms with Gasteiger partial charge in [-0.1, -0.05) is 6.92 Å². The summed E-state index contributed by atoms with van der Waals surface area (Å²) < 4.78 is 16.1. The lowest BCUT2D eigenvalue weighted by atomic mass is 9.94. The summed E-state index contributed by atoms with van der Waals surface area (Å²) in [6, 6.07) is 0. The molecule has 0 spiro atoms. The zero-order valence-electron chi connectivity index (χ0n) is 13.7.